The Morgan fingerprint density at radius 2 is 2.09 bits per heavy atom. The number of aryl methyl sites for hydroxylation is 2. The zero-order valence-electron chi connectivity index (χ0n) is 18.0. The van der Waals surface area contributed by atoms with Crippen LogP contribution in [0.3, 0.4) is 0 Å². The van der Waals surface area contributed by atoms with E-state index in [1.165, 1.54) is 6.07 Å². The number of hydrogen-bond donors (Lipinski definition) is 0. The molecule has 0 N–H and O–H groups in total. The van der Waals surface area contributed by atoms with Crippen molar-refractivity contribution in [3.63, 3.8) is 0 Å². The van der Waals surface area contributed by atoms with E-state index in [4.69, 9.17) is 26.4 Å². The summed E-state index contributed by atoms with van der Waals surface area (Å²) in [5, 5.41) is 5.20. The van der Waals surface area contributed by atoms with Gasteiger partial charge in [0.2, 0.25) is 0 Å². The molecular formula is C23H25ClF2N4O2. The molecule has 170 valence electrons. The third kappa shape index (κ3) is 5.61. The summed E-state index contributed by atoms with van der Waals surface area (Å²) in [4.78, 5) is 8.83. The van der Waals surface area contributed by atoms with Gasteiger partial charge >= 0.3 is 6.61 Å². The van der Waals surface area contributed by atoms with E-state index in [0.717, 1.165) is 29.8 Å². The van der Waals surface area contributed by atoms with Crippen molar-refractivity contribution in [1.82, 2.24) is 19.7 Å². The lowest BCUT2D eigenvalue weighted by Gasteiger charge is -2.35. The first kappa shape index (κ1) is 22.6. The van der Waals surface area contributed by atoms with Crippen molar-refractivity contribution in [2.75, 3.05) is 6.61 Å². The molecular weight excluding hydrogens is 438 g/mol. The van der Waals surface area contributed by atoms with Gasteiger partial charge in [0.05, 0.1) is 11.6 Å². The van der Waals surface area contributed by atoms with E-state index >= 15 is 0 Å². The summed E-state index contributed by atoms with van der Waals surface area (Å²) in [6, 6.07) is 10.5. The summed E-state index contributed by atoms with van der Waals surface area (Å²) in [7, 11) is 0. The summed E-state index contributed by atoms with van der Waals surface area (Å²) in [6.45, 7) is 1.96. The molecule has 32 heavy (non-hydrogen) atoms. The van der Waals surface area contributed by atoms with E-state index in [1.54, 1.807) is 24.4 Å². The minimum Gasteiger partial charge on any atom is -0.435 e. The number of alkyl halides is 2. The maximum absolute atomic E-state index is 12.5. The smallest absolute Gasteiger partial charge is 0.387 e. The van der Waals surface area contributed by atoms with Crippen molar-refractivity contribution < 1.29 is 18.3 Å². The summed E-state index contributed by atoms with van der Waals surface area (Å²) in [6.07, 6.45) is 4.50. The molecule has 1 aliphatic rings. The van der Waals surface area contributed by atoms with Gasteiger partial charge in [0, 0.05) is 24.8 Å². The lowest BCUT2D eigenvalue weighted by Crippen LogP contribution is -2.36. The Morgan fingerprint density at radius 1 is 1.25 bits per heavy atom. The number of pyridine rings is 1. The van der Waals surface area contributed by atoms with Crippen LogP contribution in [-0.4, -0.2) is 38.6 Å². The Balaban J connectivity index is 1.61. The van der Waals surface area contributed by atoms with E-state index in [0.29, 0.717) is 30.4 Å². The van der Waals surface area contributed by atoms with Gasteiger partial charge in [-0.25, -0.2) is 14.6 Å². The van der Waals surface area contributed by atoms with Crippen molar-refractivity contribution in [2.45, 2.75) is 57.8 Å². The van der Waals surface area contributed by atoms with Crippen molar-refractivity contribution in [3.8, 4) is 17.1 Å². The third-order valence-electron chi connectivity index (χ3n) is 5.46. The first-order valence-corrected chi connectivity index (χ1v) is 10.9. The van der Waals surface area contributed by atoms with Crippen LogP contribution < -0.4 is 4.74 Å². The summed E-state index contributed by atoms with van der Waals surface area (Å²) in [5.41, 5.74) is 1.44. The van der Waals surface area contributed by atoms with Gasteiger partial charge in [-0.1, -0.05) is 23.7 Å². The predicted molar refractivity (Wildman–Crippen MR) is 117 cm³/mol. The first-order valence-electron chi connectivity index (χ1n) is 10.5. The Kier molecular flexibility index (Phi) is 6.71. The molecule has 0 amide bonds. The van der Waals surface area contributed by atoms with Crippen LogP contribution in [0.25, 0.3) is 11.4 Å². The molecule has 3 heterocycles. The van der Waals surface area contributed by atoms with Gasteiger partial charge in [0.25, 0.3) is 0 Å². The number of halogens is 3. The highest BCUT2D eigenvalue weighted by Crippen LogP contribution is 2.33. The predicted octanol–water partition coefficient (Wildman–Crippen LogP) is 5.51. The van der Waals surface area contributed by atoms with Gasteiger partial charge < -0.3 is 9.47 Å². The molecule has 0 bridgehead atoms. The highest BCUT2D eigenvalue weighted by Gasteiger charge is 2.32. The molecule has 0 saturated carbocycles. The number of rotatable bonds is 7. The summed E-state index contributed by atoms with van der Waals surface area (Å²) < 4.78 is 37.5. The van der Waals surface area contributed by atoms with Crippen LogP contribution in [0.4, 0.5) is 8.78 Å². The molecule has 1 saturated heterocycles. The van der Waals surface area contributed by atoms with E-state index in [-0.39, 0.29) is 17.4 Å². The average Bonchev–Trinajstić information content (AvgIpc) is 3.16. The number of aromatic nitrogens is 4. The van der Waals surface area contributed by atoms with Crippen LogP contribution in [0.5, 0.6) is 5.75 Å². The number of benzene rings is 1. The molecule has 4 rings (SSSR count). The maximum Gasteiger partial charge on any atom is 0.387 e. The molecule has 1 fully saturated rings. The fourth-order valence-electron chi connectivity index (χ4n) is 4.02. The normalized spacial score (nSPS) is 18.1. The average molecular weight is 463 g/mol. The highest BCUT2D eigenvalue weighted by molar-refractivity contribution is 6.29. The molecule has 3 aromatic rings. The molecule has 1 aliphatic heterocycles. The molecule has 1 unspecified atom stereocenters. The quantitative estimate of drug-likeness (QED) is 0.433. The fourth-order valence-corrected chi connectivity index (χ4v) is 4.20. The van der Waals surface area contributed by atoms with Crippen LogP contribution in [0, 0.1) is 0 Å². The largest absolute Gasteiger partial charge is 0.435 e. The van der Waals surface area contributed by atoms with E-state index in [9.17, 15) is 8.78 Å². The monoisotopic (exact) mass is 462 g/mol. The Labute approximate surface area is 190 Å². The van der Waals surface area contributed by atoms with Crippen LogP contribution in [0.1, 0.15) is 44.1 Å². The van der Waals surface area contributed by atoms with Crippen LogP contribution in [-0.2, 0) is 17.6 Å². The van der Waals surface area contributed by atoms with Crippen LogP contribution in [0.15, 0.2) is 42.6 Å². The lowest BCUT2D eigenvalue weighted by atomic mass is 9.94. The molecule has 9 heteroatoms. The Hall–Kier alpha value is -2.58. The zero-order chi connectivity index (χ0) is 22.7. The molecule has 0 radical (unpaired) electrons. The summed E-state index contributed by atoms with van der Waals surface area (Å²) in [5.74, 6) is 1.57. The minimum atomic E-state index is -2.85. The van der Waals surface area contributed by atoms with Gasteiger partial charge in [-0.05, 0) is 62.9 Å². The number of ether oxygens (including phenoxy) is 2. The van der Waals surface area contributed by atoms with Gasteiger partial charge in [-0.3, -0.25) is 0 Å². The maximum atomic E-state index is 12.5. The van der Waals surface area contributed by atoms with E-state index < -0.39 is 6.61 Å². The summed E-state index contributed by atoms with van der Waals surface area (Å²) >= 11 is 6.06. The molecule has 0 spiro atoms. The van der Waals surface area contributed by atoms with Crippen LogP contribution in [0.2, 0.25) is 5.15 Å². The standard InChI is InChI=1S/C23H25ClF2N4O2/c1-23(2)14-17(9-11-31-23)30-20(28-21(29-30)16-8-10-27-19(24)13-16)7-6-15-4-3-5-18(12-15)32-22(25)26/h3-5,8,10,12-13,17,22H,6-7,9,11,14H2,1-2H3. The van der Waals surface area contributed by atoms with Gasteiger partial charge in [-0.2, -0.15) is 13.9 Å². The first-order chi connectivity index (χ1) is 15.3. The topological polar surface area (TPSA) is 62.1 Å². The number of nitrogens with zero attached hydrogens (tertiary/aromatic N) is 4. The van der Waals surface area contributed by atoms with Crippen molar-refractivity contribution in [3.05, 3.63) is 59.1 Å². The van der Waals surface area contributed by atoms with Crippen LogP contribution >= 0.6 is 11.6 Å². The Morgan fingerprint density at radius 3 is 2.84 bits per heavy atom. The minimum absolute atomic E-state index is 0.150. The molecule has 0 aliphatic carbocycles. The lowest BCUT2D eigenvalue weighted by molar-refractivity contribution is -0.0712. The van der Waals surface area contributed by atoms with Crippen molar-refractivity contribution in [2.24, 2.45) is 0 Å². The fraction of sp³-hybridized carbons (Fsp3) is 0.435. The molecule has 6 nitrogen and oxygen atoms in total. The molecule has 1 atom stereocenters. The van der Waals surface area contributed by atoms with E-state index in [1.807, 2.05) is 16.8 Å². The SMILES string of the molecule is CC1(C)CC(n2nc(-c3ccnc(Cl)c3)nc2CCc2cccc(OC(F)F)c2)CCO1. The molecule has 1 aromatic carbocycles. The second-order valence-corrected chi connectivity index (χ2v) is 8.83. The highest BCUT2D eigenvalue weighted by atomic mass is 35.5. The Bertz CT molecular complexity index is 1070. The third-order valence-corrected chi connectivity index (χ3v) is 5.67. The van der Waals surface area contributed by atoms with Gasteiger partial charge in [-0.15, -0.1) is 0 Å². The van der Waals surface area contributed by atoms with Crippen molar-refractivity contribution >= 4 is 11.6 Å². The second kappa shape index (κ2) is 9.50. The van der Waals surface area contributed by atoms with E-state index in [2.05, 4.69) is 23.6 Å². The van der Waals surface area contributed by atoms with Gasteiger partial charge in [0.1, 0.15) is 16.7 Å². The van der Waals surface area contributed by atoms with Gasteiger partial charge in [0.15, 0.2) is 5.82 Å². The second-order valence-electron chi connectivity index (χ2n) is 8.44. The number of hydrogen-bond acceptors (Lipinski definition) is 5. The zero-order valence-corrected chi connectivity index (χ0v) is 18.7. The molecule has 2 aromatic heterocycles. The van der Waals surface area contributed by atoms with Crippen molar-refractivity contribution in [1.29, 1.82) is 0 Å².